The molecule has 2 aliphatic rings. The zero-order valence-corrected chi connectivity index (χ0v) is 18.5. The summed E-state index contributed by atoms with van der Waals surface area (Å²) in [5, 5.41) is 0. The van der Waals surface area contributed by atoms with E-state index in [1.165, 1.54) is 16.8 Å². The Morgan fingerprint density at radius 2 is 2.13 bits per heavy atom. The second-order valence-corrected chi connectivity index (χ2v) is 9.89. The molecule has 13 heteroatoms. The van der Waals surface area contributed by atoms with Gasteiger partial charge in [-0.3, -0.25) is 32.7 Å². The van der Waals surface area contributed by atoms with Crippen molar-refractivity contribution in [1.82, 2.24) is 9.55 Å². The first-order valence-electron chi connectivity index (χ1n) is 9.79. The van der Waals surface area contributed by atoms with Crippen LogP contribution in [-0.4, -0.2) is 53.2 Å². The molecule has 2 saturated heterocycles. The standard InChI is InChI=1S/C18H26FN2O9P/c1-10(2)28-14(23)7-11(19)8-26-31(25)27-9-12-15(30-31)18(3,4)16(29-12)21-6-5-13(22)20-17(21)24/h5-6,10-12,15-16H,7-9H2,1-4H3,(H,20,22,24)/t11-,12+,15+,16+,31-/m0/s1. The molecule has 0 radical (unpaired) electrons. The molecule has 2 fully saturated rings. The molecule has 0 bridgehead atoms. The van der Waals surface area contributed by atoms with Crippen LogP contribution in [0.2, 0.25) is 0 Å². The number of nitrogens with zero attached hydrogens (tertiary/aromatic N) is 1. The van der Waals surface area contributed by atoms with Crippen molar-refractivity contribution in [2.45, 2.75) is 64.8 Å². The van der Waals surface area contributed by atoms with Gasteiger partial charge in [0.05, 0.1) is 25.7 Å². The molecule has 1 aromatic heterocycles. The highest BCUT2D eigenvalue weighted by molar-refractivity contribution is 7.48. The van der Waals surface area contributed by atoms with Crippen LogP contribution in [0.3, 0.4) is 0 Å². The fourth-order valence-corrected chi connectivity index (χ4v) is 5.08. The number of esters is 1. The van der Waals surface area contributed by atoms with Crippen molar-refractivity contribution < 1.29 is 36.8 Å². The van der Waals surface area contributed by atoms with Crippen molar-refractivity contribution in [1.29, 1.82) is 0 Å². The number of halogens is 1. The van der Waals surface area contributed by atoms with Gasteiger partial charge in [0.25, 0.3) is 5.56 Å². The van der Waals surface area contributed by atoms with E-state index in [-0.39, 0.29) is 12.7 Å². The summed E-state index contributed by atoms with van der Waals surface area (Å²) in [6.45, 7) is 5.88. The fourth-order valence-electron chi connectivity index (χ4n) is 3.52. The number of aromatic nitrogens is 2. The monoisotopic (exact) mass is 464 g/mol. The average Bonchev–Trinajstić information content (AvgIpc) is 2.90. The van der Waals surface area contributed by atoms with Gasteiger partial charge in [-0.15, -0.1) is 0 Å². The van der Waals surface area contributed by atoms with E-state index in [9.17, 15) is 23.3 Å². The minimum absolute atomic E-state index is 0.174. The molecule has 11 nitrogen and oxygen atoms in total. The number of hydrogen-bond donors (Lipinski definition) is 1. The number of carbonyl (C=O) groups is 1. The summed E-state index contributed by atoms with van der Waals surface area (Å²) in [5.41, 5.74) is -2.10. The van der Waals surface area contributed by atoms with Crippen molar-refractivity contribution in [3.8, 4) is 0 Å². The molecule has 1 aromatic rings. The van der Waals surface area contributed by atoms with Crippen molar-refractivity contribution in [3.05, 3.63) is 33.1 Å². The number of phosphoric acid groups is 1. The first-order valence-corrected chi connectivity index (χ1v) is 11.3. The second kappa shape index (κ2) is 8.95. The third kappa shape index (κ3) is 5.32. The van der Waals surface area contributed by atoms with Crippen LogP contribution in [0.1, 0.15) is 40.3 Å². The van der Waals surface area contributed by atoms with E-state index in [1.54, 1.807) is 27.7 Å². The van der Waals surface area contributed by atoms with E-state index in [1.807, 2.05) is 0 Å². The van der Waals surface area contributed by atoms with Gasteiger partial charge < -0.3 is 9.47 Å². The van der Waals surface area contributed by atoms with Crippen LogP contribution < -0.4 is 11.2 Å². The third-order valence-corrected chi connectivity index (χ3v) is 6.34. The zero-order chi connectivity index (χ0) is 23.0. The Balaban J connectivity index is 1.66. The second-order valence-electron chi connectivity index (χ2n) is 8.27. The average molecular weight is 464 g/mol. The van der Waals surface area contributed by atoms with Gasteiger partial charge in [0.15, 0.2) is 0 Å². The molecule has 1 N–H and O–H groups in total. The summed E-state index contributed by atoms with van der Waals surface area (Å²) in [6.07, 6.45) is -3.73. The van der Waals surface area contributed by atoms with Crippen molar-refractivity contribution >= 4 is 13.8 Å². The van der Waals surface area contributed by atoms with Crippen LogP contribution in [0, 0.1) is 5.41 Å². The lowest BCUT2D eigenvalue weighted by Gasteiger charge is -2.36. The largest absolute Gasteiger partial charge is 0.475 e. The molecular weight excluding hydrogens is 438 g/mol. The molecule has 3 rings (SSSR count). The maximum atomic E-state index is 14.1. The molecule has 5 atom stereocenters. The Hall–Kier alpha value is -1.85. The normalized spacial score (nSPS) is 30.7. The SMILES string of the molecule is CC(C)OC(=O)C[C@H](F)CO[P@@]1(=O)OC[C@H]2O[C@@H](n3ccc(=O)[nH]c3=O)C(C)(C)[C@@H]2O1. The highest BCUT2D eigenvalue weighted by atomic mass is 31.2. The summed E-state index contributed by atoms with van der Waals surface area (Å²) < 4.78 is 54.7. The van der Waals surface area contributed by atoms with Crippen LogP contribution in [0.5, 0.6) is 0 Å². The van der Waals surface area contributed by atoms with Crippen LogP contribution in [0.25, 0.3) is 0 Å². The van der Waals surface area contributed by atoms with Crippen LogP contribution in [0.4, 0.5) is 4.39 Å². The molecule has 0 saturated carbocycles. The van der Waals surface area contributed by atoms with Crippen LogP contribution in [0.15, 0.2) is 21.9 Å². The third-order valence-electron chi connectivity index (χ3n) is 4.92. The molecule has 174 valence electrons. The Kier molecular flexibility index (Phi) is 6.87. The number of hydrogen-bond acceptors (Lipinski definition) is 9. The molecule has 0 unspecified atom stereocenters. The van der Waals surface area contributed by atoms with Crippen molar-refractivity contribution in [2.75, 3.05) is 13.2 Å². The number of H-pyrrole nitrogens is 1. The lowest BCUT2D eigenvalue weighted by atomic mass is 9.84. The highest BCUT2D eigenvalue weighted by Gasteiger charge is 2.58. The quantitative estimate of drug-likeness (QED) is 0.472. The summed E-state index contributed by atoms with van der Waals surface area (Å²) >= 11 is 0. The molecule has 0 aromatic carbocycles. The maximum Gasteiger partial charge on any atom is 0.475 e. The van der Waals surface area contributed by atoms with Gasteiger partial charge in [0.2, 0.25) is 0 Å². The van der Waals surface area contributed by atoms with Gasteiger partial charge in [-0.05, 0) is 13.8 Å². The van der Waals surface area contributed by atoms with E-state index < -0.39 is 68.1 Å². The molecular formula is C18H26FN2O9P. The number of rotatable bonds is 7. The van der Waals surface area contributed by atoms with E-state index in [2.05, 4.69) is 4.98 Å². The van der Waals surface area contributed by atoms with E-state index >= 15 is 0 Å². The highest BCUT2D eigenvalue weighted by Crippen LogP contribution is 2.60. The van der Waals surface area contributed by atoms with Crippen LogP contribution >= 0.6 is 7.82 Å². The van der Waals surface area contributed by atoms with Crippen molar-refractivity contribution in [2.24, 2.45) is 5.41 Å². The number of phosphoric ester groups is 1. The number of fused-ring (bicyclic) bond motifs is 1. The number of carbonyl (C=O) groups excluding carboxylic acids is 1. The Bertz CT molecular complexity index is 975. The first-order chi connectivity index (χ1) is 14.4. The fraction of sp³-hybridized carbons (Fsp3) is 0.722. The Labute approximate surface area is 177 Å². The van der Waals surface area contributed by atoms with Gasteiger partial charge in [-0.1, -0.05) is 13.8 Å². The van der Waals surface area contributed by atoms with Gasteiger partial charge >= 0.3 is 19.5 Å². The van der Waals surface area contributed by atoms with E-state index in [0.717, 1.165) is 0 Å². The number of ether oxygens (including phenoxy) is 2. The summed E-state index contributed by atoms with van der Waals surface area (Å²) in [5.74, 6) is -0.741. The molecule has 0 aliphatic carbocycles. The van der Waals surface area contributed by atoms with Gasteiger partial charge in [0.1, 0.15) is 24.6 Å². The predicted molar refractivity (Wildman–Crippen MR) is 104 cm³/mol. The lowest BCUT2D eigenvalue weighted by molar-refractivity contribution is -0.149. The van der Waals surface area contributed by atoms with Crippen LogP contribution in [-0.2, 0) is 32.4 Å². The van der Waals surface area contributed by atoms with Gasteiger partial charge in [-0.25, -0.2) is 13.8 Å². The lowest BCUT2D eigenvalue weighted by Crippen LogP contribution is -2.42. The minimum Gasteiger partial charge on any atom is -0.463 e. The van der Waals surface area contributed by atoms with Gasteiger partial charge in [0, 0.05) is 17.7 Å². The zero-order valence-electron chi connectivity index (χ0n) is 17.6. The number of aromatic amines is 1. The molecule has 0 amide bonds. The number of nitrogens with one attached hydrogen (secondary N) is 1. The molecule has 2 aliphatic heterocycles. The summed E-state index contributed by atoms with van der Waals surface area (Å²) in [6, 6.07) is 1.18. The predicted octanol–water partition coefficient (Wildman–Crippen LogP) is 1.68. The molecule has 31 heavy (non-hydrogen) atoms. The topological polar surface area (TPSA) is 135 Å². The Morgan fingerprint density at radius 1 is 1.42 bits per heavy atom. The van der Waals surface area contributed by atoms with Crippen molar-refractivity contribution in [3.63, 3.8) is 0 Å². The first kappa shape index (κ1) is 23.8. The van der Waals surface area contributed by atoms with E-state index in [4.69, 9.17) is 23.0 Å². The van der Waals surface area contributed by atoms with Gasteiger partial charge in [-0.2, -0.15) is 0 Å². The number of alkyl halides is 1. The maximum absolute atomic E-state index is 14.1. The minimum atomic E-state index is -4.14. The van der Waals surface area contributed by atoms with E-state index in [0.29, 0.717) is 0 Å². The molecule has 0 spiro atoms. The summed E-state index contributed by atoms with van der Waals surface area (Å²) in [4.78, 5) is 37.2. The Morgan fingerprint density at radius 3 is 2.77 bits per heavy atom. The molecule has 3 heterocycles. The summed E-state index contributed by atoms with van der Waals surface area (Å²) in [7, 11) is -4.14. The smallest absolute Gasteiger partial charge is 0.463 e.